The number of rotatable bonds is 8. The van der Waals surface area contributed by atoms with Crippen LogP contribution in [0, 0.1) is 0 Å². The average Bonchev–Trinajstić information content (AvgIpc) is 2.46. The zero-order valence-electron chi connectivity index (χ0n) is 13.4. The molecule has 0 aliphatic carbocycles. The van der Waals surface area contributed by atoms with Crippen molar-refractivity contribution < 1.29 is 4.79 Å². The molecule has 21 heavy (non-hydrogen) atoms. The van der Waals surface area contributed by atoms with E-state index in [0.29, 0.717) is 6.54 Å². The molecule has 1 N–H and O–H groups in total. The standard InChI is InChI=1S/C16H26ClN3O/c1-5-10-18-11-13-14(17)8-7-9-15(13)20(6-2)12-16(21)19(3)4/h7-9,18H,5-6,10-12H2,1-4H3. The second kappa shape index (κ2) is 8.90. The van der Waals surface area contributed by atoms with Gasteiger partial charge in [-0.1, -0.05) is 24.6 Å². The third-order valence-electron chi connectivity index (χ3n) is 3.37. The van der Waals surface area contributed by atoms with Crippen LogP contribution in [0.2, 0.25) is 5.02 Å². The summed E-state index contributed by atoms with van der Waals surface area (Å²) in [5.41, 5.74) is 2.09. The van der Waals surface area contributed by atoms with E-state index in [1.165, 1.54) is 0 Å². The molecule has 0 fully saturated rings. The number of carbonyl (C=O) groups is 1. The first-order valence-corrected chi connectivity index (χ1v) is 7.82. The van der Waals surface area contributed by atoms with Gasteiger partial charge in [0.25, 0.3) is 0 Å². The van der Waals surface area contributed by atoms with Gasteiger partial charge in [0.1, 0.15) is 0 Å². The van der Waals surface area contributed by atoms with Crippen LogP contribution in [0.25, 0.3) is 0 Å². The van der Waals surface area contributed by atoms with Gasteiger partial charge >= 0.3 is 0 Å². The quantitative estimate of drug-likeness (QED) is 0.750. The van der Waals surface area contributed by atoms with E-state index in [4.69, 9.17) is 11.6 Å². The van der Waals surface area contributed by atoms with Crippen LogP contribution in [0.1, 0.15) is 25.8 Å². The van der Waals surface area contributed by atoms with Crippen LogP contribution in [0.3, 0.4) is 0 Å². The molecular weight excluding hydrogens is 286 g/mol. The Bertz CT molecular complexity index is 463. The van der Waals surface area contributed by atoms with Crippen molar-refractivity contribution in [2.45, 2.75) is 26.8 Å². The zero-order chi connectivity index (χ0) is 15.8. The lowest BCUT2D eigenvalue weighted by Crippen LogP contribution is -2.37. The predicted molar refractivity (Wildman–Crippen MR) is 90.0 cm³/mol. The summed E-state index contributed by atoms with van der Waals surface area (Å²) in [6, 6.07) is 5.86. The summed E-state index contributed by atoms with van der Waals surface area (Å²) in [6.07, 6.45) is 1.08. The van der Waals surface area contributed by atoms with Crippen molar-refractivity contribution in [2.75, 3.05) is 38.6 Å². The van der Waals surface area contributed by atoms with Crippen LogP contribution in [0.15, 0.2) is 18.2 Å². The number of amides is 1. The van der Waals surface area contributed by atoms with E-state index in [1.54, 1.807) is 19.0 Å². The van der Waals surface area contributed by atoms with E-state index in [0.717, 1.165) is 42.3 Å². The highest BCUT2D eigenvalue weighted by Gasteiger charge is 2.16. The zero-order valence-corrected chi connectivity index (χ0v) is 14.2. The summed E-state index contributed by atoms with van der Waals surface area (Å²) in [5, 5.41) is 4.12. The number of nitrogens with zero attached hydrogens (tertiary/aromatic N) is 2. The van der Waals surface area contributed by atoms with Gasteiger partial charge in [0.15, 0.2) is 0 Å². The van der Waals surface area contributed by atoms with Crippen molar-refractivity contribution in [1.29, 1.82) is 0 Å². The van der Waals surface area contributed by atoms with Crippen molar-refractivity contribution in [3.05, 3.63) is 28.8 Å². The van der Waals surface area contributed by atoms with Crippen molar-refractivity contribution in [2.24, 2.45) is 0 Å². The molecule has 1 rings (SSSR count). The molecule has 118 valence electrons. The smallest absolute Gasteiger partial charge is 0.241 e. The normalized spacial score (nSPS) is 10.5. The van der Waals surface area contributed by atoms with Gasteiger partial charge in [-0.3, -0.25) is 4.79 Å². The highest BCUT2D eigenvalue weighted by atomic mass is 35.5. The second-order valence-corrected chi connectivity index (χ2v) is 5.62. The maximum absolute atomic E-state index is 12.0. The third kappa shape index (κ3) is 5.21. The lowest BCUT2D eigenvalue weighted by molar-refractivity contribution is -0.127. The van der Waals surface area contributed by atoms with E-state index < -0.39 is 0 Å². The summed E-state index contributed by atoms with van der Waals surface area (Å²) in [4.78, 5) is 15.7. The Labute approximate surface area is 133 Å². The molecule has 0 spiro atoms. The number of hydrogen-bond acceptors (Lipinski definition) is 3. The van der Waals surface area contributed by atoms with Gasteiger partial charge in [0.05, 0.1) is 6.54 Å². The van der Waals surface area contributed by atoms with E-state index in [-0.39, 0.29) is 5.91 Å². The molecule has 1 amide bonds. The number of likely N-dealkylation sites (N-methyl/N-ethyl adjacent to an activating group) is 2. The topological polar surface area (TPSA) is 35.6 Å². The van der Waals surface area contributed by atoms with Gasteiger partial charge in [0, 0.05) is 43.5 Å². The molecule has 0 aliphatic heterocycles. The van der Waals surface area contributed by atoms with Crippen molar-refractivity contribution >= 4 is 23.2 Å². The van der Waals surface area contributed by atoms with Crippen LogP contribution < -0.4 is 10.2 Å². The Hall–Kier alpha value is -1.26. The average molecular weight is 312 g/mol. The molecule has 1 aromatic carbocycles. The van der Waals surface area contributed by atoms with Gasteiger partial charge in [-0.15, -0.1) is 0 Å². The summed E-state index contributed by atoms with van der Waals surface area (Å²) < 4.78 is 0. The van der Waals surface area contributed by atoms with E-state index >= 15 is 0 Å². The maximum atomic E-state index is 12.0. The fraction of sp³-hybridized carbons (Fsp3) is 0.562. The Morgan fingerprint density at radius 1 is 1.29 bits per heavy atom. The number of nitrogens with one attached hydrogen (secondary N) is 1. The lowest BCUT2D eigenvalue weighted by Gasteiger charge is -2.27. The predicted octanol–water partition coefficient (Wildman–Crippen LogP) is 2.75. The summed E-state index contributed by atoms with van der Waals surface area (Å²) in [7, 11) is 3.55. The van der Waals surface area contributed by atoms with E-state index in [1.807, 2.05) is 25.1 Å². The van der Waals surface area contributed by atoms with Crippen LogP contribution in [-0.4, -0.2) is 44.5 Å². The van der Waals surface area contributed by atoms with Crippen LogP contribution in [0.5, 0.6) is 0 Å². The number of hydrogen-bond donors (Lipinski definition) is 1. The molecule has 0 bridgehead atoms. The minimum atomic E-state index is 0.0873. The number of carbonyl (C=O) groups excluding carboxylic acids is 1. The number of halogens is 1. The van der Waals surface area contributed by atoms with E-state index in [9.17, 15) is 4.79 Å². The Morgan fingerprint density at radius 2 is 2.00 bits per heavy atom. The Morgan fingerprint density at radius 3 is 2.57 bits per heavy atom. The SMILES string of the molecule is CCCNCc1c(Cl)cccc1N(CC)CC(=O)N(C)C. The summed E-state index contributed by atoms with van der Waals surface area (Å²) in [5.74, 6) is 0.0873. The minimum Gasteiger partial charge on any atom is -0.362 e. The van der Waals surface area contributed by atoms with Crippen molar-refractivity contribution in [1.82, 2.24) is 10.2 Å². The second-order valence-electron chi connectivity index (χ2n) is 5.22. The largest absolute Gasteiger partial charge is 0.362 e. The summed E-state index contributed by atoms with van der Waals surface area (Å²) >= 11 is 6.35. The molecule has 0 atom stereocenters. The number of anilines is 1. The molecule has 0 saturated heterocycles. The molecular formula is C16H26ClN3O. The molecule has 0 aromatic heterocycles. The maximum Gasteiger partial charge on any atom is 0.241 e. The lowest BCUT2D eigenvalue weighted by atomic mass is 10.1. The highest BCUT2D eigenvalue weighted by Crippen LogP contribution is 2.27. The first-order chi connectivity index (χ1) is 10.0. The van der Waals surface area contributed by atoms with Crippen LogP contribution in [-0.2, 0) is 11.3 Å². The van der Waals surface area contributed by atoms with Gasteiger partial charge in [-0.05, 0) is 32.0 Å². The highest BCUT2D eigenvalue weighted by molar-refractivity contribution is 6.31. The third-order valence-corrected chi connectivity index (χ3v) is 3.72. The Balaban J connectivity index is 2.97. The molecule has 0 radical (unpaired) electrons. The fourth-order valence-electron chi connectivity index (χ4n) is 2.08. The molecule has 0 aliphatic rings. The van der Waals surface area contributed by atoms with Crippen LogP contribution in [0.4, 0.5) is 5.69 Å². The molecule has 0 saturated carbocycles. The van der Waals surface area contributed by atoms with Crippen molar-refractivity contribution in [3.63, 3.8) is 0 Å². The monoisotopic (exact) mass is 311 g/mol. The fourth-order valence-corrected chi connectivity index (χ4v) is 2.32. The van der Waals surface area contributed by atoms with Gasteiger partial charge in [-0.25, -0.2) is 0 Å². The molecule has 1 aromatic rings. The molecule has 0 unspecified atom stereocenters. The van der Waals surface area contributed by atoms with Crippen LogP contribution >= 0.6 is 11.6 Å². The van der Waals surface area contributed by atoms with Gasteiger partial charge < -0.3 is 15.1 Å². The van der Waals surface area contributed by atoms with Gasteiger partial charge in [-0.2, -0.15) is 0 Å². The Kier molecular flexibility index (Phi) is 7.54. The first-order valence-electron chi connectivity index (χ1n) is 7.44. The molecule has 5 heteroatoms. The minimum absolute atomic E-state index is 0.0873. The number of benzene rings is 1. The first kappa shape index (κ1) is 17.8. The summed E-state index contributed by atoms with van der Waals surface area (Å²) in [6.45, 7) is 6.98. The molecule has 0 heterocycles. The van der Waals surface area contributed by atoms with Crippen molar-refractivity contribution in [3.8, 4) is 0 Å². The van der Waals surface area contributed by atoms with Gasteiger partial charge in [0.2, 0.25) is 5.91 Å². The molecule has 4 nitrogen and oxygen atoms in total. The van der Waals surface area contributed by atoms with E-state index in [2.05, 4.69) is 17.1 Å².